The molecule has 1 atom stereocenters. The van der Waals surface area contributed by atoms with E-state index in [9.17, 15) is 9.59 Å². The van der Waals surface area contributed by atoms with Gasteiger partial charge in [0.25, 0.3) is 0 Å². The third-order valence-corrected chi connectivity index (χ3v) is 3.34. The maximum atomic E-state index is 12.1. The lowest BCUT2D eigenvalue weighted by Crippen LogP contribution is -2.37. The summed E-state index contributed by atoms with van der Waals surface area (Å²) in [7, 11) is 0. The van der Waals surface area contributed by atoms with Crippen LogP contribution >= 0.6 is 0 Å². The van der Waals surface area contributed by atoms with Crippen LogP contribution in [0.5, 0.6) is 0 Å². The molecule has 0 aromatic heterocycles. The molecule has 1 aromatic carbocycles. The van der Waals surface area contributed by atoms with E-state index < -0.39 is 6.09 Å². The fourth-order valence-corrected chi connectivity index (χ4v) is 2.24. The number of piperidine rings is 1. The fraction of sp³-hybridized carbons (Fsp3) is 0.467. The first-order valence-electron chi connectivity index (χ1n) is 7.24. The SMILES string of the molecule is CCOC(=O)Nc1ccc(NC(=O)C2CCCNC2)cc1. The molecule has 1 saturated heterocycles. The van der Waals surface area contributed by atoms with Crippen LogP contribution in [0.4, 0.5) is 16.2 Å². The van der Waals surface area contributed by atoms with Crippen LogP contribution in [0, 0.1) is 5.92 Å². The highest BCUT2D eigenvalue weighted by Gasteiger charge is 2.20. The average molecular weight is 291 g/mol. The number of ether oxygens (including phenoxy) is 1. The third-order valence-electron chi connectivity index (χ3n) is 3.34. The predicted molar refractivity (Wildman–Crippen MR) is 81.3 cm³/mol. The molecule has 0 radical (unpaired) electrons. The van der Waals surface area contributed by atoms with Gasteiger partial charge in [-0.2, -0.15) is 0 Å². The average Bonchev–Trinajstić information content (AvgIpc) is 2.50. The van der Waals surface area contributed by atoms with Crippen LogP contribution in [0.3, 0.4) is 0 Å². The molecular formula is C15H21N3O3. The first-order chi connectivity index (χ1) is 10.2. The second-order valence-corrected chi connectivity index (χ2v) is 4.96. The Balaban J connectivity index is 1.86. The van der Waals surface area contributed by atoms with Crippen LogP contribution in [0.1, 0.15) is 19.8 Å². The molecule has 0 aliphatic carbocycles. The second-order valence-electron chi connectivity index (χ2n) is 4.96. The van der Waals surface area contributed by atoms with Crippen molar-refractivity contribution in [2.75, 3.05) is 30.3 Å². The molecule has 1 fully saturated rings. The largest absolute Gasteiger partial charge is 0.450 e. The zero-order valence-corrected chi connectivity index (χ0v) is 12.1. The van der Waals surface area contributed by atoms with Gasteiger partial charge in [0.1, 0.15) is 0 Å². The van der Waals surface area contributed by atoms with E-state index in [0.29, 0.717) is 12.3 Å². The Hall–Kier alpha value is -2.08. The minimum absolute atomic E-state index is 0.0242. The lowest BCUT2D eigenvalue weighted by Gasteiger charge is -2.21. The van der Waals surface area contributed by atoms with E-state index in [0.717, 1.165) is 31.6 Å². The minimum Gasteiger partial charge on any atom is -0.450 e. The number of rotatable bonds is 4. The molecule has 1 heterocycles. The Morgan fingerprint density at radius 2 is 1.90 bits per heavy atom. The van der Waals surface area contributed by atoms with Crippen molar-refractivity contribution in [2.45, 2.75) is 19.8 Å². The van der Waals surface area contributed by atoms with Crippen LogP contribution in [-0.4, -0.2) is 31.7 Å². The Morgan fingerprint density at radius 3 is 2.48 bits per heavy atom. The lowest BCUT2D eigenvalue weighted by atomic mass is 9.99. The molecule has 1 unspecified atom stereocenters. The Morgan fingerprint density at radius 1 is 1.24 bits per heavy atom. The summed E-state index contributed by atoms with van der Waals surface area (Å²) in [5.74, 6) is 0.0596. The zero-order chi connectivity index (χ0) is 15.1. The molecule has 2 amide bonds. The van der Waals surface area contributed by atoms with Crippen LogP contribution in [-0.2, 0) is 9.53 Å². The summed E-state index contributed by atoms with van der Waals surface area (Å²) in [5, 5.41) is 8.72. The summed E-state index contributed by atoms with van der Waals surface area (Å²) in [6.45, 7) is 3.79. The zero-order valence-electron chi connectivity index (χ0n) is 12.1. The molecular weight excluding hydrogens is 270 g/mol. The molecule has 6 nitrogen and oxygen atoms in total. The summed E-state index contributed by atoms with van der Waals surface area (Å²) in [6, 6.07) is 6.97. The van der Waals surface area contributed by atoms with Gasteiger partial charge in [-0.15, -0.1) is 0 Å². The number of hydrogen-bond acceptors (Lipinski definition) is 4. The van der Waals surface area contributed by atoms with E-state index in [-0.39, 0.29) is 11.8 Å². The Bertz CT molecular complexity index is 481. The molecule has 6 heteroatoms. The molecule has 2 rings (SSSR count). The normalized spacial score (nSPS) is 17.9. The summed E-state index contributed by atoms with van der Waals surface area (Å²) in [5.41, 5.74) is 1.35. The molecule has 0 bridgehead atoms. The number of benzene rings is 1. The van der Waals surface area contributed by atoms with Gasteiger partial charge in [-0.3, -0.25) is 10.1 Å². The smallest absolute Gasteiger partial charge is 0.411 e. The van der Waals surface area contributed by atoms with Crippen molar-refractivity contribution in [3.05, 3.63) is 24.3 Å². The van der Waals surface area contributed by atoms with Crippen molar-refractivity contribution < 1.29 is 14.3 Å². The van der Waals surface area contributed by atoms with Crippen molar-refractivity contribution in [3.63, 3.8) is 0 Å². The molecule has 21 heavy (non-hydrogen) atoms. The van der Waals surface area contributed by atoms with E-state index in [1.165, 1.54) is 0 Å². The van der Waals surface area contributed by atoms with Gasteiger partial charge < -0.3 is 15.4 Å². The summed E-state index contributed by atoms with van der Waals surface area (Å²) in [6.07, 6.45) is 1.46. The number of hydrogen-bond donors (Lipinski definition) is 3. The van der Waals surface area contributed by atoms with Gasteiger partial charge >= 0.3 is 6.09 Å². The van der Waals surface area contributed by atoms with E-state index >= 15 is 0 Å². The minimum atomic E-state index is -0.484. The summed E-state index contributed by atoms with van der Waals surface area (Å²) < 4.78 is 4.79. The van der Waals surface area contributed by atoms with Gasteiger partial charge in [0.2, 0.25) is 5.91 Å². The summed E-state index contributed by atoms with van der Waals surface area (Å²) >= 11 is 0. The van der Waals surface area contributed by atoms with Gasteiger partial charge in [-0.1, -0.05) is 0 Å². The number of carbonyl (C=O) groups excluding carboxylic acids is 2. The van der Waals surface area contributed by atoms with Crippen molar-refractivity contribution in [1.29, 1.82) is 0 Å². The van der Waals surface area contributed by atoms with Crippen molar-refractivity contribution in [3.8, 4) is 0 Å². The van der Waals surface area contributed by atoms with Crippen LogP contribution in [0.15, 0.2) is 24.3 Å². The third kappa shape index (κ3) is 4.75. The molecule has 0 spiro atoms. The molecule has 1 aliphatic rings. The molecule has 1 aliphatic heterocycles. The van der Waals surface area contributed by atoms with Gasteiger partial charge in [0.05, 0.1) is 12.5 Å². The van der Waals surface area contributed by atoms with Crippen LogP contribution < -0.4 is 16.0 Å². The topological polar surface area (TPSA) is 79.5 Å². The first-order valence-corrected chi connectivity index (χ1v) is 7.24. The second kappa shape index (κ2) is 7.64. The van der Waals surface area contributed by atoms with E-state index in [2.05, 4.69) is 16.0 Å². The van der Waals surface area contributed by atoms with Crippen LogP contribution in [0.2, 0.25) is 0 Å². The van der Waals surface area contributed by atoms with E-state index in [4.69, 9.17) is 4.74 Å². The maximum Gasteiger partial charge on any atom is 0.411 e. The number of amides is 2. The van der Waals surface area contributed by atoms with Crippen molar-refractivity contribution >= 4 is 23.4 Å². The number of nitrogens with one attached hydrogen (secondary N) is 3. The standard InChI is InChI=1S/C15H21N3O3/c1-2-21-15(20)18-13-7-5-12(6-8-13)17-14(19)11-4-3-9-16-10-11/h5-8,11,16H,2-4,9-10H2,1H3,(H,17,19)(H,18,20). The molecule has 114 valence electrons. The predicted octanol–water partition coefficient (Wildman–Crippen LogP) is 2.19. The van der Waals surface area contributed by atoms with E-state index in [1.54, 1.807) is 31.2 Å². The Labute approximate surface area is 124 Å². The highest BCUT2D eigenvalue weighted by molar-refractivity contribution is 5.93. The number of anilines is 2. The van der Waals surface area contributed by atoms with E-state index in [1.807, 2.05) is 0 Å². The van der Waals surface area contributed by atoms with Crippen molar-refractivity contribution in [2.24, 2.45) is 5.92 Å². The summed E-state index contributed by atoms with van der Waals surface area (Å²) in [4.78, 5) is 23.3. The highest BCUT2D eigenvalue weighted by Crippen LogP contribution is 2.17. The van der Waals surface area contributed by atoms with Gasteiger partial charge in [-0.05, 0) is 50.6 Å². The molecule has 0 saturated carbocycles. The fourth-order valence-electron chi connectivity index (χ4n) is 2.24. The molecule has 1 aromatic rings. The lowest BCUT2D eigenvalue weighted by molar-refractivity contribution is -0.120. The quantitative estimate of drug-likeness (QED) is 0.794. The maximum absolute atomic E-state index is 12.1. The monoisotopic (exact) mass is 291 g/mol. The molecule has 3 N–H and O–H groups in total. The Kier molecular flexibility index (Phi) is 5.57. The van der Waals surface area contributed by atoms with Crippen LogP contribution in [0.25, 0.3) is 0 Å². The van der Waals surface area contributed by atoms with Gasteiger partial charge in [-0.25, -0.2) is 4.79 Å². The highest BCUT2D eigenvalue weighted by atomic mass is 16.5. The van der Waals surface area contributed by atoms with Crippen molar-refractivity contribution in [1.82, 2.24) is 5.32 Å². The van der Waals surface area contributed by atoms with Gasteiger partial charge in [0, 0.05) is 17.9 Å². The van der Waals surface area contributed by atoms with Gasteiger partial charge in [0.15, 0.2) is 0 Å². The number of carbonyl (C=O) groups is 2. The first kappa shape index (κ1) is 15.3.